The van der Waals surface area contributed by atoms with Crippen molar-refractivity contribution in [3.63, 3.8) is 0 Å². The molecule has 0 spiro atoms. The number of hydrogen-bond donors (Lipinski definition) is 6. The molecule has 0 radical (unpaired) electrons. The van der Waals surface area contributed by atoms with E-state index in [0.29, 0.717) is 12.1 Å². The highest BCUT2D eigenvalue weighted by Crippen LogP contribution is 2.05. The molecule has 11 nitrogen and oxygen atoms in total. The Hall–Kier alpha value is -2.95. The number of carboxylic acid groups (broad SMARTS) is 1. The molecule has 3 amide bonds. The Morgan fingerprint density at radius 1 is 1.18 bits per heavy atom. The smallest absolute Gasteiger partial charge is 0.326 e. The molecule has 1 aliphatic heterocycles. The minimum Gasteiger partial charge on any atom is -0.480 e. The van der Waals surface area contributed by atoms with E-state index in [1.807, 2.05) is 0 Å². The van der Waals surface area contributed by atoms with Crippen LogP contribution in [0.3, 0.4) is 0 Å². The zero-order valence-electron chi connectivity index (χ0n) is 15.8. The second-order valence-corrected chi connectivity index (χ2v) is 6.79. The van der Waals surface area contributed by atoms with Gasteiger partial charge in [-0.1, -0.05) is 0 Å². The second-order valence-electron chi connectivity index (χ2n) is 6.79. The van der Waals surface area contributed by atoms with E-state index in [1.165, 1.54) is 26.4 Å². The normalized spacial score (nSPS) is 19.3. The molecule has 0 saturated carbocycles. The van der Waals surface area contributed by atoms with Crippen molar-refractivity contribution >= 4 is 23.7 Å². The first kappa shape index (κ1) is 21.4. The highest BCUT2D eigenvalue weighted by atomic mass is 16.4. The number of rotatable bonds is 9. The molecule has 6 N–H and O–H groups in total. The van der Waals surface area contributed by atoms with Crippen molar-refractivity contribution in [3.8, 4) is 0 Å². The molecule has 0 aromatic carbocycles. The zero-order valence-corrected chi connectivity index (χ0v) is 15.8. The molecule has 0 bridgehead atoms. The molecule has 1 aromatic rings. The lowest BCUT2D eigenvalue weighted by molar-refractivity contribution is -0.142. The van der Waals surface area contributed by atoms with E-state index in [0.717, 1.165) is 13.0 Å². The monoisotopic (exact) mass is 394 g/mol. The van der Waals surface area contributed by atoms with Gasteiger partial charge in [-0.15, -0.1) is 0 Å². The van der Waals surface area contributed by atoms with Crippen LogP contribution in [0.1, 0.15) is 32.4 Å². The fraction of sp³-hybridized carbons (Fsp3) is 0.588. The number of aromatic amines is 1. The predicted octanol–water partition coefficient (Wildman–Crippen LogP) is -1.72. The van der Waals surface area contributed by atoms with Crippen LogP contribution in [0.2, 0.25) is 0 Å². The first-order valence-electron chi connectivity index (χ1n) is 9.12. The summed E-state index contributed by atoms with van der Waals surface area (Å²) >= 11 is 0. The molecular weight excluding hydrogens is 368 g/mol. The summed E-state index contributed by atoms with van der Waals surface area (Å²) < 4.78 is 0. The quantitative estimate of drug-likeness (QED) is 0.290. The maximum absolute atomic E-state index is 12.3. The van der Waals surface area contributed by atoms with E-state index in [2.05, 4.69) is 31.2 Å². The van der Waals surface area contributed by atoms with Gasteiger partial charge < -0.3 is 31.4 Å². The molecule has 4 unspecified atom stereocenters. The number of aliphatic carboxylic acids is 1. The highest BCUT2D eigenvalue weighted by Gasteiger charge is 2.28. The summed E-state index contributed by atoms with van der Waals surface area (Å²) in [5, 5.41) is 19.8. The number of nitrogens with one attached hydrogen (secondary N) is 5. The van der Waals surface area contributed by atoms with Crippen LogP contribution in [0, 0.1) is 0 Å². The average molecular weight is 394 g/mol. The summed E-state index contributed by atoms with van der Waals surface area (Å²) in [5.41, 5.74) is 0.557. The Labute approximate surface area is 162 Å². The number of nitrogens with zero attached hydrogens (tertiary/aromatic N) is 1. The maximum Gasteiger partial charge on any atom is 0.326 e. The molecule has 4 atom stereocenters. The van der Waals surface area contributed by atoms with Crippen molar-refractivity contribution in [1.29, 1.82) is 0 Å². The Balaban J connectivity index is 1.82. The van der Waals surface area contributed by atoms with Crippen LogP contribution in [0.15, 0.2) is 12.5 Å². The molecule has 154 valence electrons. The Kier molecular flexibility index (Phi) is 7.50. The minimum atomic E-state index is -1.20. The van der Waals surface area contributed by atoms with Crippen LogP contribution in [-0.2, 0) is 25.6 Å². The molecule has 1 fully saturated rings. The molecule has 0 aliphatic carbocycles. The van der Waals surface area contributed by atoms with E-state index >= 15 is 0 Å². The Morgan fingerprint density at radius 2 is 1.86 bits per heavy atom. The standard InChI is InChI=1S/C17H26N6O5/c1-9(22-16(26)12-4-3-5-19-12)14(24)21-10(2)15(25)23-13(17(27)28)6-11-7-18-8-20-11/h7-10,12-13,19H,3-6H2,1-2H3,(H,18,20)(H,21,24)(H,22,26)(H,23,25)(H,27,28). The number of carbonyl (C=O) groups is 4. The van der Waals surface area contributed by atoms with Gasteiger partial charge in [0.25, 0.3) is 0 Å². The predicted molar refractivity (Wildman–Crippen MR) is 98.1 cm³/mol. The topological polar surface area (TPSA) is 165 Å². The van der Waals surface area contributed by atoms with Gasteiger partial charge >= 0.3 is 5.97 Å². The maximum atomic E-state index is 12.3. The van der Waals surface area contributed by atoms with Crippen molar-refractivity contribution in [2.75, 3.05) is 6.54 Å². The third-order valence-electron chi connectivity index (χ3n) is 4.47. The lowest BCUT2D eigenvalue weighted by Crippen LogP contribution is -2.55. The van der Waals surface area contributed by atoms with Crippen LogP contribution >= 0.6 is 0 Å². The van der Waals surface area contributed by atoms with E-state index in [-0.39, 0.29) is 18.4 Å². The molecule has 28 heavy (non-hydrogen) atoms. The van der Waals surface area contributed by atoms with Gasteiger partial charge in [0.2, 0.25) is 17.7 Å². The first-order chi connectivity index (χ1) is 13.3. The van der Waals surface area contributed by atoms with Crippen LogP contribution < -0.4 is 21.3 Å². The van der Waals surface area contributed by atoms with Crippen molar-refractivity contribution in [1.82, 2.24) is 31.2 Å². The summed E-state index contributed by atoms with van der Waals surface area (Å²) in [4.78, 5) is 54.5. The van der Waals surface area contributed by atoms with Crippen LogP contribution in [0.5, 0.6) is 0 Å². The molecular formula is C17H26N6O5. The number of H-pyrrole nitrogens is 1. The van der Waals surface area contributed by atoms with Crippen molar-refractivity contribution < 1.29 is 24.3 Å². The molecule has 1 aromatic heterocycles. The van der Waals surface area contributed by atoms with Gasteiger partial charge in [-0.3, -0.25) is 14.4 Å². The summed E-state index contributed by atoms with van der Waals surface area (Å²) in [5.74, 6) is -2.64. The van der Waals surface area contributed by atoms with Crippen molar-refractivity contribution in [3.05, 3.63) is 18.2 Å². The lowest BCUT2D eigenvalue weighted by Gasteiger charge is -2.21. The summed E-state index contributed by atoms with van der Waals surface area (Å²) in [6.07, 6.45) is 4.53. The van der Waals surface area contributed by atoms with E-state index in [9.17, 15) is 24.3 Å². The van der Waals surface area contributed by atoms with Gasteiger partial charge in [0.05, 0.1) is 12.4 Å². The van der Waals surface area contributed by atoms with E-state index < -0.39 is 35.9 Å². The molecule has 1 aliphatic rings. The summed E-state index contributed by atoms with van der Waals surface area (Å²) in [7, 11) is 0. The van der Waals surface area contributed by atoms with Gasteiger partial charge in [0.1, 0.15) is 18.1 Å². The van der Waals surface area contributed by atoms with Crippen LogP contribution in [0.25, 0.3) is 0 Å². The Morgan fingerprint density at radius 3 is 2.43 bits per heavy atom. The number of hydrogen-bond acceptors (Lipinski definition) is 6. The number of aromatic nitrogens is 2. The summed E-state index contributed by atoms with van der Waals surface area (Å²) in [6.45, 7) is 3.72. The van der Waals surface area contributed by atoms with Gasteiger partial charge in [-0.25, -0.2) is 9.78 Å². The SMILES string of the molecule is CC(NC(=O)C(C)NC(=O)C1CCCN1)C(=O)NC(Cc1cnc[nH]1)C(=O)O. The molecule has 11 heteroatoms. The zero-order chi connectivity index (χ0) is 20.7. The molecule has 2 heterocycles. The number of amides is 3. The summed E-state index contributed by atoms with van der Waals surface area (Å²) in [6, 6.07) is -3.28. The molecule has 2 rings (SSSR count). The van der Waals surface area contributed by atoms with Gasteiger partial charge in [0, 0.05) is 18.3 Å². The molecule has 1 saturated heterocycles. The third kappa shape index (κ3) is 6.05. The van der Waals surface area contributed by atoms with E-state index in [4.69, 9.17) is 0 Å². The van der Waals surface area contributed by atoms with Crippen LogP contribution in [-0.4, -0.2) is 69.5 Å². The minimum absolute atomic E-state index is 0.0303. The van der Waals surface area contributed by atoms with Gasteiger partial charge in [0.15, 0.2) is 0 Å². The van der Waals surface area contributed by atoms with E-state index in [1.54, 1.807) is 0 Å². The van der Waals surface area contributed by atoms with Gasteiger partial charge in [-0.05, 0) is 33.2 Å². The highest BCUT2D eigenvalue weighted by molar-refractivity contribution is 5.93. The van der Waals surface area contributed by atoms with Crippen LogP contribution in [0.4, 0.5) is 0 Å². The van der Waals surface area contributed by atoms with Gasteiger partial charge in [-0.2, -0.15) is 0 Å². The lowest BCUT2D eigenvalue weighted by atomic mass is 10.1. The first-order valence-corrected chi connectivity index (χ1v) is 9.12. The van der Waals surface area contributed by atoms with Crippen molar-refractivity contribution in [2.45, 2.75) is 57.3 Å². The third-order valence-corrected chi connectivity index (χ3v) is 4.47. The largest absolute Gasteiger partial charge is 0.480 e. The fourth-order valence-electron chi connectivity index (χ4n) is 2.80. The number of carbonyl (C=O) groups excluding carboxylic acids is 3. The number of carboxylic acids is 1. The fourth-order valence-corrected chi connectivity index (χ4v) is 2.80. The number of imidazole rings is 1. The average Bonchev–Trinajstić information content (AvgIpc) is 3.34. The second kappa shape index (κ2) is 9.83. The van der Waals surface area contributed by atoms with Crippen molar-refractivity contribution in [2.24, 2.45) is 0 Å². The Bertz CT molecular complexity index is 701.